The van der Waals surface area contributed by atoms with Crippen LogP contribution >= 0.6 is 0 Å². The Balaban J connectivity index is 3.42. The number of anilines is 1. The highest BCUT2D eigenvalue weighted by molar-refractivity contribution is 5.97. The minimum atomic E-state index is -0.628. The SMILES string of the molecule is CC(C)n1cc(C(N)=O)c(N)cc1=O. The first-order chi connectivity index (χ1) is 6.43. The number of pyridine rings is 1. The summed E-state index contributed by atoms with van der Waals surface area (Å²) in [6.45, 7) is 3.67. The van der Waals surface area contributed by atoms with E-state index in [9.17, 15) is 9.59 Å². The highest BCUT2D eigenvalue weighted by Gasteiger charge is 2.10. The van der Waals surface area contributed by atoms with Gasteiger partial charge in [-0.15, -0.1) is 0 Å². The van der Waals surface area contributed by atoms with Crippen molar-refractivity contribution < 1.29 is 4.79 Å². The second kappa shape index (κ2) is 3.53. The zero-order valence-electron chi connectivity index (χ0n) is 8.15. The van der Waals surface area contributed by atoms with Crippen molar-refractivity contribution in [3.8, 4) is 0 Å². The van der Waals surface area contributed by atoms with Crippen LogP contribution in [0.1, 0.15) is 30.2 Å². The molecule has 0 unspecified atom stereocenters. The van der Waals surface area contributed by atoms with Crippen molar-refractivity contribution in [2.75, 3.05) is 5.73 Å². The Bertz CT molecular complexity index is 421. The van der Waals surface area contributed by atoms with Crippen LogP contribution in [0.5, 0.6) is 0 Å². The molecule has 1 aromatic rings. The maximum atomic E-state index is 11.4. The Morgan fingerprint density at radius 1 is 1.50 bits per heavy atom. The Hall–Kier alpha value is -1.78. The van der Waals surface area contributed by atoms with E-state index < -0.39 is 5.91 Å². The van der Waals surface area contributed by atoms with E-state index in [1.807, 2.05) is 13.8 Å². The molecule has 0 aliphatic rings. The Labute approximate surface area is 81.3 Å². The predicted octanol–water partition coefficient (Wildman–Crippen LogP) is 0.110. The molecule has 1 heterocycles. The van der Waals surface area contributed by atoms with Crippen LogP contribution < -0.4 is 17.0 Å². The minimum Gasteiger partial charge on any atom is -0.398 e. The number of aromatic nitrogens is 1. The number of primary amides is 1. The number of nitrogens with two attached hydrogens (primary N) is 2. The van der Waals surface area contributed by atoms with Gasteiger partial charge in [0.15, 0.2) is 0 Å². The molecule has 1 aromatic heterocycles. The van der Waals surface area contributed by atoms with Crippen LogP contribution in [0.3, 0.4) is 0 Å². The second-order valence-corrected chi connectivity index (χ2v) is 3.35. The summed E-state index contributed by atoms with van der Waals surface area (Å²) in [5.74, 6) is -0.628. The Morgan fingerprint density at radius 2 is 2.07 bits per heavy atom. The van der Waals surface area contributed by atoms with Crippen LogP contribution in [0.25, 0.3) is 0 Å². The topological polar surface area (TPSA) is 91.1 Å². The van der Waals surface area contributed by atoms with E-state index in [-0.39, 0.29) is 22.9 Å². The molecule has 0 atom stereocenters. The summed E-state index contributed by atoms with van der Waals surface area (Å²) >= 11 is 0. The first kappa shape index (κ1) is 10.3. The number of nitrogens with zero attached hydrogens (tertiary/aromatic N) is 1. The van der Waals surface area contributed by atoms with Crippen LogP contribution in [0.15, 0.2) is 17.1 Å². The van der Waals surface area contributed by atoms with Crippen molar-refractivity contribution in [1.82, 2.24) is 4.57 Å². The molecule has 0 spiro atoms. The molecular formula is C9H13N3O2. The summed E-state index contributed by atoms with van der Waals surface area (Å²) in [5.41, 5.74) is 10.6. The lowest BCUT2D eigenvalue weighted by molar-refractivity contribution is 0.100. The van der Waals surface area contributed by atoms with Crippen LogP contribution in [0.4, 0.5) is 5.69 Å². The third kappa shape index (κ3) is 1.76. The van der Waals surface area contributed by atoms with Gasteiger partial charge in [-0.2, -0.15) is 0 Å². The molecule has 0 radical (unpaired) electrons. The van der Waals surface area contributed by atoms with Gasteiger partial charge in [0.1, 0.15) is 0 Å². The molecule has 5 nitrogen and oxygen atoms in total. The quantitative estimate of drug-likeness (QED) is 0.701. The first-order valence-electron chi connectivity index (χ1n) is 4.25. The smallest absolute Gasteiger partial charge is 0.252 e. The van der Waals surface area contributed by atoms with Crippen LogP contribution in [0, 0.1) is 0 Å². The van der Waals surface area contributed by atoms with E-state index >= 15 is 0 Å². The second-order valence-electron chi connectivity index (χ2n) is 3.35. The van der Waals surface area contributed by atoms with Crippen LogP contribution in [-0.2, 0) is 0 Å². The van der Waals surface area contributed by atoms with E-state index in [0.717, 1.165) is 0 Å². The van der Waals surface area contributed by atoms with Gasteiger partial charge in [0.05, 0.1) is 11.3 Å². The largest absolute Gasteiger partial charge is 0.398 e. The number of hydrogen-bond acceptors (Lipinski definition) is 3. The molecule has 76 valence electrons. The summed E-state index contributed by atoms with van der Waals surface area (Å²) in [6.07, 6.45) is 1.39. The van der Waals surface area contributed by atoms with Gasteiger partial charge in [0, 0.05) is 18.3 Å². The third-order valence-electron chi connectivity index (χ3n) is 1.93. The number of carbonyl (C=O) groups excluding carboxylic acids is 1. The zero-order valence-corrected chi connectivity index (χ0v) is 8.15. The first-order valence-corrected chi connectivity index (χ1v) is 4.25. The highest BCUT2D eigenvalue weighted by atomic mass is 16.1. The molecule has 1 amide bonds. The van der Waals surface area contributed by atoms with Crippen LogP contribution in [-0.4, -0.2) is 10.5 Å². The van der Waals surface area contributed by atoms with Gasteiger partial charge in [0.2, 0.25) is 0 Å². The average Bonchev–Trinajstić information content (AvgIpc) is 2.02. The molecule has 0 saturated carbocycles. The fourth-order valence-corrected chi connectivity index (χ4v) is 1.17. The lowest BCUT2D eigenvalue weighted by atomic mass is 10.2. The monoisotopic (exact) mass is 195 g/mol. The van der Waals surface area contributed by atoms with E-state index in [4.69, 9.17) is 11.5 Å². The molecule has 0 aliphatic heterocycles. The third-order valence-corrected chi connectivity index (χ3v) is 1.93. The summed E-state index contributed by atoms with van der Waals surface area (Å²) in [7, 11) is 0. The fraction of sp³-hybridized carbons (Fsp3) is 0.333. The Kier molecular flexibility index (Phi) is 2.60. The van der Waals surface area contributed by atoms with Crippen molar-refractivity contribution in [3.63, 3.8) is 0 Å². The molecule has 4 N–H and O–H groups in total. The standard InChI is InChI=1S/C9H13N3O2/c1-5(2)12-4-6(9(11)14)7(10)3-8(12)13/h3-5H,10H2,1-2H3,(H2,11,14). The van der Waals surface area contributed by atoms with Crippen molar-refractivity contribution in [2.45, 2.75) is 19.9 Å². The number of carbonyl (C=O) groups is 1. The maximum Gasteiger partial charge on any atom is 0.252 e. The molecule has 0 bridgehead atoms. The van der Waals surface area contributed by atoms with E-state index in [1.165, 1.54) is 16.8 Å². The maximum absolute atomic E-state index is 11.4. The van der Waals surface area contributed by atoms with Crippen LogP contribution in [0.2, 0.25) is 0 Å². The summed E-state index contributed by atoms with van der Waals surface area (Å²) in [4.78, 5) is 22.3. The number of amides is 1. The lowest BCUT2D eigenvalue weighted by Gasteiger charge is -2.11. The average molecular weight is 195 g/mol. The van der Waals surface area contributed by atoms with Gasteiger partial charge in [-0.3, -0.25) is 9.59 Å². The number of rotatable bonds is 2. The summed E-state index contributed by atoms with van der Waals surface area (Å²) in [5, 5.41) is 0. The molecule has 5 heteroatoms. The summed E-state index contributed by atoms with van der Waals surface area (Å²) < 4.78 is 1.41. The predicted molar refractivity (Wildman–Crippen MR) is 54.0 cm³/mol. The molecule has 14 heavy (non-hydrogen) atoms. The van der Waals surface area contributed by atoms with Gasteiger partial charge in [0.25, 0.3) is 11.5 Å². The minimum absolute atomic E-state index is 0.0267. The van der Waals surface area contributed by atoms with Gasteiger partial charge < -0.3 is 16.0 Å². The van der Waals surface area contributed by atoms with E-state index in [1.54, 1.807) is 0 Å². The zero-order chi connectivity index (χ0) is 10.9. The van der Waals surface area contributed by atoms with Crippen molar-refractivity contribution in [2.24, 2.45) is 5.73 Å². The van der Waals surface area contributed by atoms with Gasteiger partial charge >= 0.3 is 0 Å². The number of nitrogen functional groups attached to an aromatic ring is 1. The highest BCUT2D eigenvalue weighted by Crippen LogP contribution is 2.09. The molecular weight excluding hydrogens is 182 g/mol. The fourth-order valence-electron chi connectivity index (χ4n) is 1.17. The lowest BCUT2D eigenvalue weighted by Crippen LogP contribution is -2.25. The molecule has 0 aliphatic carbocycles. The summed E-state index contributed by atoms with van der Waals surface area (Å²) in [6, 6.07) is 1.18. The molecule has 0 fully saturated rings. The normalized spacial score (nSPS) is 10.5. The van der Waals surface area contributed by atoms with Gasteiger partial charge in [-0.05, 0) is 13.8 Å². The Morgan fingerprint density at radius 3 is 2.50 bits per heavy atom. The number of hydrogen-bond donors (Lipinski definition) is 2. The van der Waals surface area contributed by atoms with Crippen molar-refractivity contribution in [3.05, 3.63) is 28.2 Å². The molecule has 0 saturated heterocycles. The molecule has 0 aromatic carbocycles. The van der Waals surface area contributed by atoms with E-state index in [2.05, 4.69) is 0 Å². The van der Waals surface area contributed by atoms with Gasteiger partial charge in [-0.1, -0.05) is 0 Å². The van der Waals surface area contributed by atoms with Crippen molar-refractivity contribution >= 4 is 11.6 Å². The molecule has 1 rings (SSSR count). The van der Waals surface area contributed by atoms with Crippen molar-refractivity contribution in [1.29, 1.82) is 0 Å². The van der Waals surface area contributed by atoms with E-state index in [0.29, 0.717) is 0 Å². The van der Waals surface area contributed by atoms with Gasteiger partial charge in [-0.25, -0.2) is 0 Å².